The highest BCUT2D eigenvalue weighted by Crippen LogP contribution is 2.49. The highest BCUT2D eigenvalue weighted by molar-refractivity contribution is 6.01. The van der Waals surface area contributed by atoms with Crippen molar-refractivity contribution < 1.29 is 14.3 Å². The Labute approximate surface area is 146 Å². The summed E-state index contributed by atoms with van der Waals surface area (Å²) in [4.78, 5) is 17.0. The Bertz CT molecular complexity index is 859. The molecule has 5 heteroatoms. The SMILES string of the molecule is COc1cc2c(c(OC)c1)[C@@H](c1cccnc1)C1=C(CCCC1=O)N2. The lowest BCUT2D eigenvalue weighted by Gasteiger charge is -2.35. The number of aromatic nitrogens is 1. The van der Waals surface area contributed by atoms with E-state index in [-0.39, 0.29) is 11.7 Å². The van der Waals surface area contributed by atoms with Crippen LogP contribution in [-0.2, 0) is 4.79 Å². The number of hydrogen-bond donors (Lipinski definition) is 1. The number of Topliss-reactive ketones (excluding diaryl/α,β-unsaturated/α-hetero) is 1. The van der Waals surface area contributed by atoms with Gasteiger partial charge in [-0.3, -0.25) is 9.78 Å². The fraction of sp³-hybridized carbons (Fsp3) is 0.300. The summed E-state index contributed by atoms with van der Waals surface area (Å²) in [5, 5.41) is 3.46. The fourth-order valence-corrected chi connectivity index (χ4v) is 3.80. The zero-order valence-corrected chi connectivity index (χ0v) is 14.3. The molecule has 0 radical (unpaired) electrons. The average Bonchev–Trinajstić information content (AvgIpc) is 2.66. The second-order valence-corrected chi connectivity index (χ2v) is 6.30. The minimum atomic E-state index is -0.173. The van der Waals surface area contributed by atoms with Gasteiger partial charge in [0.2, 0.25) is 0 Å². The number of benzene rings is 1. The third-order valence-electron chi connectivity index (χ3n) is 4.91. The van der Waals surface area contributed by atoms with E-state index in [1.807, 2.05) is 30.5 Å². The van der Waals surface area contributed by atoms with Gasteiger partial charge in [0.15, 0.2) is 5.78 Å². The number of ether oxygens (including phenoxy) is 2. The molecule has 5 nitrogen and oxygen atoms in total. The maximum Gasteiger partial charge on any atom is 0.161 e. The molecule has 0 saturated carbocycles. The number of nitrogens with zero attached hydrogens (tertiary/aromatic N) is 1. The largest absolute Gasteiger partial charge is 0.497 e. The van der Waals surface area contributed by atoms with Gasteiger partial charge in [-0.25, -0.2) is 0 Å². The van der Waals surface area contributed by atoms with Crippen LogP contribution in [0.4, 0.5) is 5.69 Å². The van der Waals surface area contributed by atoms with Gasteiger partial charge in [0.25, 0.3) is 0 Å². The van der Waals surface area contributed by atoms with Crippen LogP contribution in [0.2, 0.25) is 0 Å². The van der Waals surface area contributed by atoms with E-state index in [2.05, 4.69) is 10.3 Å². The van der Waals surface area contributed by atoms with Crippen molar-refractivity contribution in [2.24, 2.45) is 0 Å². The molecular weight excluding hydrogens is 316 g/mol. The number of ketones is 1. The fourth-order valence-electron chi connectivity index (χ4n) is 3.80. The smallest absolute Gasteiger partial charge is 0.161 e. The monoisotopic (exact) mass is 336 g/mol. The van der Waals surface area contributed by atoms with Gasteiger partial charge in [-0.15, -0.1) is 0 Å². The van der Waals surface area contributed by atoms with Crippen LogP contribution in [0.1, 0.15) is 36.3 Å². The van der Waals surface area contributed by atoms with Gasteiger partial charge < -0.3 is 14.8 Å². The van der Waals surface area contributed by atoms with Crippen LogP contribution in [0.5, 0.6) is 11.5 Å². The Hall–Kier alpha value is -2.82. The lowest BCUT2D eigenvalue weighted by atomic mass is 9.75. The third kappa shape index (κ3) is 2.56. The molecule has 0 saturated heterocycles. The molecule has 2 aliphatic rings. The summed E-state index contributed by atoms with van der Waals surface area (Å²) in [7, 11) is 3.28. The van der Waals surface area contributed by atoms with Crippen molar-refractivity contribution in [1.29, 1.82) is 0 Å². The van der Waals surface area contributed by atoms with Gasteiger partial charge in [-0.1, -0.05) is 6.07 Å². The maximum absolute atomic E-state index is 12.8. The number of nitrogens with one attached hydrogen (secondary N) is 1. The summed E-state index contributed by atoms with van der Waals surface area (Å²) in [6, 6.07) is 7.75. The van der Waals surface area contributed by atoms with Crippen LogP contribution in [-0.4, -0.2) is 25.0 Å². The standard InChI is InChI=1S/C20H20N2O3/c1-24-13-9-15-20(17(10-13)25-2)18(12-5-4-8-21-11-12)19-14(22-15)6-3-7-16(19)23/h4-5,8-11,18,22H,3,6-7H2,1-2H3/t18-/m0/s1. The number of methoxy groups -OCH3 is 2. The predicted octanol–water partition coefficient (Wildman–Crippen LogP) is 3.66. The van der Waals surface area contributed by atoms with Gasteiger partial charge in [0, 0.05) is 59.4 Å². The molecule has 0 amide bonds. The Balaban J connectivity index is 1.98. The lowest BCUT2D eigenvalue weighted by molar-refractivity contribution is -0.116. The molecule has 1 aromatic carbocycles. The lowest BCUT2D eigenvalue weighted by Crippen LogP contribution is -2.27. The van der Waals surface area contributed by atoms with Gasteiger partial charge in [-0.2, -0.15) is 0 Å². The number of pyridine rings is 1. The van der Waals surface area contributed by atoms with E-state index in [9.17, 15) is 4.79 Å². The van der Waals surface area contributed by atoms with E-state index in [4.69, 9.17) is 9.47 Å². The van der Waals surface area contributed by atoms with Crippen molar-refractivity contribution in [2.45, 2.75) is 25.2 Å². The van der Waals surface area contributed by atoms with Crippen molar-refractivity contribution in [1.82, 2.24) is 4.98 Å². The number of allylic oxidation sites excluding steroid dienone is 2. The van der Waals surface area contributed by atoms with Crippen molar-refractivity contribution >= 4 is 11.5 Å². The van der Waals surface area contributed by atoms with Crippen molar-refractivity contribution in [3.63, 3.8) is 0 Å². The van der Waals surface area contributed by atoms with Crippen molar-refractivity contribution in [3.8, 4) is 11.5 Å². The molecule has 2 aromatic rings. The van der Waals surface area contributed by atoms with Gasteiger partial charge in [0.05, 0.1) is 14.2 Å². The first-order chi connectivity index (χ1) is 12.2. The number of fused-ring (bicyclic) bond motifs is 1. The van der Waals surface area contributed by atoms with Crippen LogP contribution in [0.15, 0.2) is 47.9 Å². The second-order valence-electron chi connectivity index (χ2n) is 6.30. The van der Waals surface area contributed by atoms with E-state index in [1.54, 1.807) is 20.4 Å². The molecule has 1 aromatic heterocycles. The number of carbonyl (C=O) groups excluding carboxylic acids is 1. The molecule has 1 aliphatic heterocycles. The quantitative estimate of drug-likeness (QED) is 0.927. The molecule has 2 heterocycles. The highest BCUT2D eigenvalue weighted by Gasteiger charge is 2.37. The predicted molar refractivity (Wildman–Crippen MR) is 95.1 cm³/mol. The Kier molecular flexibility index (Phi) is 3.92. The minimum absolute atomic E-state index is 0.173. The number of rotatable bonds is 3. The summed E-state index contributed by atoms with van der Waals surface area (Å²) in [5.74, 6) is 1.46. The molecule has 25 heavy (non-hydrogen) atoms. The minimum Gasteiger partial charge on any atom is -0.497 e. The molecular formula is C20H20N2O3. The molecule has 1 atom stereocenters. The first-order valence-electron chi connectivity index (χ1n) is 8.42. The summed E-state index contributed by atoms with van der Waals surface area (Å²) >= 11 is 0. The summed E-state index contributed by atoms with van der Waals surface area (Å²) in [6.45, 7) is 0. The normalized spacial score (nSPS) is 19.0. The van der Waals surface area contributed by atoms with Crippen LogP contribution in [0.3, 0.4) is 0 Å². The molecule has 0 fully saturated rings. The Morgan fingerprint density at radius 2 is 2.08 bits per heavy atom. The van der Waals surface area contributed by atoms with Crippen LogP contribution in [0.25, 0.3) is 0 Å². The van der Waals surface area contributed by atoms with Crippen molar-refractivity contribution in [2.75, 3.05) is 19.5 Å². The van der Waals surface area contributed by atoms with Crippen LogP contribution >= 0.6 is 0 Å². The molecule has 0 bridgehead atoms. The highest BCUT2D eigenvalue weighted by atomic mass is 16.5. The molecule has 1 N–H and O–H groups in total. The summed E-state index contributed by atoms with van der Waals surface area (Å²) < 4.78 is 11.1. The van der Waals surface area contributed by atoms with E-state index in [1.165, 1.54) is 0 Å². The molecule has 128 valence electrons. The van der Waals surface area contributed by atoms with E-state index in [0.717, 1.165) is 46.7 Å². The van der Waals surface area contributed by atoms with Crippen molar-refractivity contribution in [3.05, 3.63) is 59.1 Å². The second kappa shape index (κ2) is 6.24. The van der Waals surface area contributed by atoms with Gasteiger partial charge >= 0.3 is 0 Å². The summed E-state index contributed by atoms with van der Waals surface area (Å²) in [6.07, 6.45) is 5.91. The number of anilines is 1. The van der Waals surface area contributed by atoms with Gasteiger partial charge in [0.1, 0.15) is 11.5 Å². The average molecular weight is 336 g/mol. The molecule has 0 unspecified atom stereocenters. The Morgan fingerprint density at radius 3 is 2.80 bits per heavy atom. The zero-order chi connectivity index (χ0) is 17.4. The molecule has 1 aliphatic carbocycles. The molecule has 4 rings (SSSR count). The Morgan fingerprint density at radius 1 is 1.20 bits per heavy atom. The number of hydrogen-bond acceptors (Lipinski definition) is 5. The van der Waals surface area contributed by atoms with E-state index < -0.39 is 0 Å². The summed E-state index contributed by atoms with van der Waals surface area (Å²) in [5.41, 5.74) is 4.74. The van der Waals surface area contributed by atoms with Crippen LogP contribution < -0.4 is 14.8 Å². The number of carbonyl (C=O) groups is 1. The van der Waals surface area contributed by atoms with E-state index >= 15 is 0 Å². The first kappa shape index (κ1) is 15.7. The topological polar surface area (TPSA) is 60.5 Å². The van der Waals surface area contributed by atoms with E-state index in [0.29, 0.717) is 12.2 Å². The first-order valence-corrected chi connectivity index (χ1v) is 8.42. The third-order valence-corrected chi connectivity index (χ3v) is 4.91. The van der Waals surface area contributed by atoms with Gasteiger partial charge in [-0.05, 0) is 24.5 Å². The van der Waals surface area contributed by atoms with Crippen LogP contribution in [0, 0.1) is 0 Å². The maximum atomic E-state index is 12.8. The molecule has 0 spiro atoms. The zero-order valence-electron chi connectivity index (χ0n) is 14.3.